The van der Waals surface area contributed by atoms with E-state index >= 15 is 0 Å². The van der Waals surface area contributed by atoms with Gasteiger partial charge in [-0.2, -0.15) is 4.98 Å². The first kappa shape index (κ1) is 17.2. The van der Waals surface area contributed by atoms with E-state index in [2.05, 4.69) is 10.1 Å². The molecular weight excluding hydrogens is 338 g/mol. The van der Waals surface area contributed by atoms with Crippen molar-refractivity contribution >= 4 is 17.5 Å². The van der Waals surface area contributed by atoms with Crippen LogP contribution in [0.25, 0.3) is 11.4 Å². The molecule has 1 amide bonds. The summed E-state index contributed by atoms with van der Waals surface area (Å²) in [6.07, 6.45) is 0.740. The molecule has 0 saturated heterocycles. The molecule has 128 valence electrons. The minimum absolute atomic E-state index is 0.0371. The second-order valence-electron chi connectivity index (χ2n) is 5.75. The van der Waals surface area contributed by atoms with E-state index in [0.29, 0.717) is 36.1 Å². The summed E-state index contributed by atoms with van der Waals surface area (Å²) in [5.74, 6) is 0.985. The Morgan fingerprint density at radius 2 is 1.84 bits per heavy atom. The number of rotatable bonds is 6. The van der Waals surface area contributed by atoms with Crippen LogP contribution in [0.4, 0.5) is 0 Å². The van der Waals surface area contributed by atoms with Crippen LogP contribution >= 0.6 is 11.6 Å². The van der Waals surface area contributed by atoms with Crippen molar-refractivity contribution in [3.8, 4) is 11.4 Å². The van der Waals surface area contributed by atoms with Gasteiger partial charge in [-0.3, -0.25) is 4.79 Å². The molecule has 0 fully saturated rings. The van der Waals surface area contributed by atoms with E-state index in [-0.39, 0.29) is 5.91 Å². The van der Waals surface area contributed by atoms with Crippen molar-refractivity contribution in [1.82, 2.24) is 15.0 Å². The summed E-state index contributed by atoms with van der Waals surface area (Å²) in [4.78, 5) is 18.3. The first-order valence-corrected chi connectivity index (χ1v) is 8.36. The molecule has 1 aromatic heterocycles. The van der Waals surface area contributed by atoms with Gasteiger partial charge < -0.3 is 9.42 Å². The molecule has 5 nitrogen and oxygen atoms in total. The lowest BCUT2D eigenvalue weighted by Crippen LogP contribution is -2.26. The van der Waals surface area contributed by atoms with Gasteiger partial charge >= 0.3 is 0 Å². The van der Waals surface area contributed by atoms with Crippen LogP contribution in [0.15, 0.2) is 59.1 Å². The topological polar surface area (TPSA) is 59.2 Å². The number of hydrogen-bond acceptors (Lipinski definition) is 4. The SMILES string of the molecule is CN(Cc1ccccc1)C(=O)CCc1nc(-c2ccc(Cl)cc2)no1. The molecule has 0 aliphatic carbocycles. The second kappa shape index (κ2) is 7.94. The molecule has 25 heavy (non-hydrogen) atoms. The van der Waals surface area contributed by atoms with E-state index in [4.69, 9.17) is 16.1 Å². The van der Waals surface area contributed by atoms with Crippen molar-refractivity contribution in [1.29, 1.82) is 0 Å². The van der Waals surface area contributed by atoms with Gasteiger partial charge in [0.1, 0.15) is 0 Å². The van der Waals surface area contributed by atoms with E-state index in [1.54, 1.807) is 24.1 Å². The molecule has 0 spiro atoms. The fourth-order valence-corrected chi connectivity index (χ4v) is 2.55. The zero-order valence-corrected chi connectivity index (χ0v) is 14.6. The van der Waals surface area contributed by atoms with Gasteiger partial charge in [0.05, 0.1) is 0 Å². The molecule has 0 aliphatic heterocycles. The molecule has 0 unspecified atom stereocenters. The monoisotopic (exact) mass is 355 g/mol. The average molecular weight is 356 g/mol. The predicted molar refractivity (Wildman–Crippen MR) is 96.0 cm³/mol. The Kier molecular flexibility index (Phi) is 5.46. The number of carbonyl (C=O) groups excluding carboxylic acids is 1. The number of aromatic nitrogens is 2. The van der Waals surface area contributed by atoms with Crippen molar-refractivity contribution in [3.05, 3.63) is 71.1 Å². The van der Waals surface area contributed by atoms with Gasteiger partial charge in [-0.15, -0.1) is 0 Å². The van der Waals surface area contributed by atoms with E-state index in [0.717, 1.165) is 11.1 Å². The third-order valence-electron chi connectivity index (χ3n) is 3.81. The van der Waals surface area contributed by atoms with E-state index in [1.165, 1.54) is 0 Å². The molecule has 0 radical (unpaired) electrons. The largest absolute Gasteiger partial charge is 0.341 e. The van der Waals surface area contributed by atoms with Crippen LogP contribution in [0.2, 0.25) is 5.02 Å². The minimum Gasteiger partial charge on any atom is -0.341 e. The number of nitrogens with zero attached hydrogens (tertiary/aromatic N) is 3. The van der Waals surface area contributed by atoms with Crippen LogP contribution in [0, 0.1) is 0 Å². The Bertz CT molecular complexity index is 831. The molecule has 0 N–H and O–H groups in total. The van der Waals surface area contributed by atoms with Gasteiger partial charge in [-0.1, -0.05) is 47.1 Å². The second-order valence-corrected chi connectivity index (χ2v) is 6.19. The number of halogens is 1. The summed E-state index contributed by atoms with van der Waals surface area (Å²) in [5.41, 5.74) is 1.92. The van der Waals surface area contributed by atoms with Crippen molar-refractivity contribution in [2.45, 2.75) is 19.4 Å². The number of benzene rings is 2. The Morgan fingerprint density at radius 3 is 2.56 bits per heavy atom. The van der Waals surface area contributed by atoms with Gasteiger partial charge in [0.15, 0.2) is 0 Å². The summed E-state index contributed by atoms with van der Waals surface area (Å²) in [5, 5.41) is 4.60. The molecular formula is C19H18ClN3O2. The third kappa shape index (κ3) is 4.67. The number of hydrogen-bond donors (Lipinski definition) is 0. The predicted octanol–water partition coefficient (Wildman–Crippen LogP) is 3.98. The maximum Gasteiger partial charge on any atom is 0.227 e. The molecule has 3 aromatic rings. The highest BCUT2D eigenvalue weighted by molar-refractivity contribution is 6.30. The van der Waals surface area contributed by atoms with Crippen LogP contribution < -0.4 is 0 Å². The van der Waals surface area contributed by atoms with Crippen molar-refractivity contribution in [2.75, 3.05) is 7.05 Å². The molecule has 2 aromatic carbocycles. The zero-order valence-electron chi connectivity index (χ0n) is 13.9. The quantitative estimate of drug-likeness (QED) is 0.671. The highest BCUT2D eigenvalue weighted by Gasteiger charge is 2.13. The first-order chi connectivity index (χ1) is 12.1. The highest BCUT2D eigenvalue weighted by atomic mass is 35.5. The van der Waals surface area contributed by atoms with Gasteiger partial charge in [-0.25, -0.2) is 0 Å². The lowest BCUT2D eigenvalue weighted by Gasteiger charge is -2.16. The molecule has 0 bridgehead atoms. The van der Waals surface area contributed by atoms with Crippen LogP contribution in [0.1, 0.15) is 17.9 Å². The normalized spacial score (nSPS) is 10.6. The van der Waals surface area contributed by atoms with Crippen LogP contribution in [0.3, 0.4) is 0 Å². The maximum absolute atomic E-state index is 12.3. The lowest BCUT2D eigenvalue weighted by molar-refractivity contribution is -0.130. The lowest BCUT2D eigenvalue weighted by atomic mass is 10.2. The Balaban J connectivity index is 1.54. The summed E-state index contributed by atoms with van der Waals surface area (Å²) >= 11 is 5.87. The molecule has 0 saturated carbocycles. The molecule has 6 heteroatoms. The minimum atomic E-state index is 0.0371. The van der Waals surface area contributed by atoms with Gasteiger partial charge in [0, 0.05) is 37.0 Å². The van der Waals surface area contributed by atoms with Gasteiger partial charge in [0.25, 0.3) is 0 Å². The fourth-order valence-electron chi connectivity index (χ4n) is 2.42. The summed E-state index contributed by atoms with van der Waals surface area (Å²) in [7, 11) is 1.79. The summed E-state index contributed by atoms with van der Waals surface area (Å²) in [6, 6.07) is 17.1. The third-order valence-corrected chi connectivity index (χ3v) is 4.06. The molecule has 0 atom stereocenters. The van der Waals surface area contributed by atoms with Crippen LogP contribution in [0.5, 0.6) is 0 Å². The Morgan fingerprint density at radius 1 is 1.12 bits per heavy atom. The average Bonchev–Trinajstić information content (AvgIpc) is 3.10. The standard InChI is InChI=1S/C19H18ClN3O2/c1-23(13-14-5-3-2-4-6-14)18(24)12-11-17-21-19(22-25-17)15-7-9-16(20)10-8-15/h2-10H,11-13H2,1H3. The maximum atomic E-state index is 12.3. The zero-order chi connectivity index (χ0) is 17.6. The van der Waals surface area contributed by atoms with Crippen molar-refractivity contribution in [3.63, 3.8) is 0 Å². The molecule has 1 heterocycles. The van der Waals surface area contributed by atoms with E-state index in [9.17, 15) is 4.79 Å². The van der Waals surface area contributed by atoms with Crippen molar-refractivity contribution in [2.24, 2.45) is 0 Å². The van der Waals surface area contributed by atoms with E-state index in [1.807, 2.05) is 42.5 Å². The smallest absolute Gasteiger partial charge is 0.227 e. The first-order valence-electron chi connectivity index (χ1n) is 7.98. The van der Waals surface area contributed by atoms with Gasteiger partial charge in [-0.05, 0) is 29.8 Å². The van der Waals surface area contributed by atoms with Crippen LogP contribution in [-0.2, 0) is 17.8 Å². The number of carbonyl (C=O) groups is 1. The molecule has 3 rings (SSSR count). The summed E-state index contributed by atoms with van der Waals surface area (Å²) < 4.78 is 5.23. The molecule has 0 aliphatic rings. The Hall–Kier alpha value is -2.66. The highest BCUT2D eigenvalue weighted by Crippen LogP contribution is 2.19. The van der Waals surface area contributed by atoms with Gasteiger partial charge in [0.2, 0.25) is 17.6 Å². The number of amides is 1. The fraction of sp³-hybridized carbons (Fsp3) is 0.211. The number of aryl methyl sites for hydroxylation is 1. The van der Waals surface area contributed by atoms with E-state index < -0.39 is 0 Å². The summed E-state index contributed by atoms with van der Waals surface area (Å²) in [6.45, 7) is 0.583. The Labute approximate surface area is 151 Å². The van der Waals surface area contributed by atoms with Crippen LogP contribution in [-0.4, -0.2) is 28.0 Å². The van der Waals surface area contributed by atoms with Crippen molar-refractivity contribution < 1.29 is 9.32 Å².